The van der Waals surface area contributed by atoms with Gasteiger partial charge in [0.05, 0.1) is 18.3 Å². The van der Waals surface area contributed by atoms with E-state index in [-0.39, 0.29) is 24.1 Å². The van der Waals surface area contributed by atoms with Gasteiger partial charge < -0.3 is 14.7 Å². The van der Waals surface area contributed by atoms with Crippen LogP contribution in [0, 0.1) is 0 Å². The third-order valence-corrected chi connectivity index (χ3v) is 3.08. The molecule has 1 N–H and O–H groups in total. The molecule has 1 amide bonds. The zero-order valence-electron chi connectivity index (χ0n) is 9.93. The number of hydrogen-bond acceptors (Lipinski definition) is 4. The van der Waals surface area contributed by atoms with E-state index in [0.717, 1.165) is 0 Å². The van der Waals surface area contributed by atoms with Gasteiger partial charge in [0.2, 0.25) is 5.91 Å². The molecule has 0 aromatic carbocycles. The van der Waals surface area contributed by atoms with Gasteiger partial charge in [0, 0.05) is 20.2 Å². The maximum atomic E-state index is 11.8. The number of carbonyl (C=O) groups excluding carboxylic acids is 1. The van der Waals surface area contributed by atoms with Gasteiger partial charge in [-0.3, -0.25) is 9.59 Å². The van der Waals surface area contributed by atoms with Gasteiger partial charge in [0.25, 0.3) is 0 Å². The minimum atomic E-state index is -0.896. The Balaban J connectivity index is 4.28. The molecule has 0 radical (unpaired) electrons. The molecule has 1 unspecified atom stereocenters. The SMILES string of the molecule is COCCN(CCC(=O)O)C(=O)C(C)SC. The molecule has 0 heterocycles. The summed E-state index contributed by atoms with van der Waals surface area (Å²) in [4.78, 5) is 23.9. The van der Waals surface area contributed by atoms with Gasteiger partial charge in [-0.2, -0.15) is 11.8 Å². The number of carboxylic acids is 1. The molecule has 0 fully saturated rings. The van der Waals surface area contributed by atoms with Gasteiger partial charge >= 0.3 is 5.97 Å². The van der Waals surface area contributed by atoms with Crippen molar-refractivity contribution in [3.8, 4) is 0 Å². The standard InChI is InChI=1S/C10H19NO4S/c1-8(16-3)10(14)11(6-7-15-2)5-4-9(12)13/h8H,4-7H2,1-3H3,(H,12,13). The summed E-state index contributed by atoms with van der Waals surface area (Å²) in [5.41, 5.74) is 0. The zero-order valence-corrected chi connectivity index (χ0v) is 10.7. The Labute approximate surface area is 100 Å². The van der Waals surface area contributed by atoms with E-state index in [1.165, 1.54) is 11.8 Å². The molecule has 0 spiro atoms. The number of thioether (sulfide) groups is 1. The smallest absolute Gasteiger partial charge is 0.305 e. The second-order valence-electron chi connectivity index (χ2n) is 3.34. The second kappa shape index (κ2) is 8.41. The van der Waals surface area contributed by atoms with Crippen LogP contribution in [0.3, 0.4) is 0 Å². The number of ether oxygens (including phenoxy) is 1. The number of carboxylic acid groups (broad SMARTS) is 1. The van der Waals surface area contributed by atoms with Crippen LogP contribution in [0.1, 0.15) is 13.3 Å². The average Bonchev–Trinajstić information content (AvgIpc) is 2.27. The average molecular weight is 249 g/mol. The topological polar surface area (TPSA) is 66.8 Å². The van der Waals surface area contributed by atoms with Gasteiger partial charge in [-0.15, -0.1) is 0 Å². The Kier molecular flexibility index (Phi) is 8.01. The number of amides is 1. The molecule has 0 aliphatic rings. The van der Waals surface area contributed by atoms with E-state index >= 15 is 0 Å². The fraction of sp³-hybridized carbons (Fsp3) is 0.800. The summed E-state index contributed by atoms with van der Waals surface area (Å²) in [5, 5.41) is 8.44. The van der Waals surface area contributed by atoms with E-state index in [9.17, 15) is 9.59 Å². The van der Waals surface area contributed by atoms with Gasteiger partial charge in [0.15, 0.2) is 0 Å². The number of hydrogen-bond donors (Lipinski definition) is 1. The molecule has 0 aliphatic heterocycles. The highest BCUT2D eigenvalue weighted by molar-refractivity contribution is 7.99. The molecule has 0 aromatic heterocycles. The number of carbonyl (C=O) groups is 2. The lowest BCUT2D eigenvalue weighted by molar-refractivity contribution is -0.138. The maximum Gasteiger partial charge on any atom is 0.305 e. The van der Waals surface area contributed by atoms with Crippen LogP contribution in [0.15, 0.2) is 0 Å². The highest BCUT2D eigenvalue weighted by Crippen LogP contribution is 2.09. The fourth-order valence-corrected chi connectivity index (χ4v) is 1.47. The molecule has 1 atom stereocenters. The molecule has 0 saturated carbocycles. The third-order valence-electron chi connectivity index (χ3n) is 2.17. The molecule has 6 heteroatoms. The summed E-state index contributed by atoms with van der Waals surface area (Å²) >= 11 is 1.45. The number of aliphatic carboxylic acids is 1. The van der Waals surface area contributed by atoms with Crippen molar-refractivity contribution >= 4 is 23.6 Å². The number of nitrogens with zero attached hydrogens (tertiary/aromatic N) is 1. The van der Waals surface area contributed by atoms with E-state index in [1.807, 2.05) is 13.2 Å². The highest BCUT2D eigenvalue weighted by Gasteiger charge is 2.19. The molecule has 0 saturated heterocycles. The lowest BCUT2D eigenvalue weighted by Gasteiger charge is -2.24. The molecule has 16 heavy (non-hydrogen) atoms. The minimum Gasteiger partial charge on any atom is -0.481 e. The summed E-state index contributed by atoms with van der Waals surface area (Å²) in [5.74, 6) is -0.933. The molecule has 5 nitrogen and oxygen atoms in total. The van der Waals surface area contributed by atoms with Crippen LogP contribution < -0.4 is 0 Å². The van der Waals surface area contributed by atoms with Crippen molar-refractivity contribution in [3.05, 3.63) is 0 Å². The second-order valence-corrected chi connectivity index (χ2v) is 4.52. The van der Waals surface area contributed by atoms with Crippen LogP contribution in [-0.4, -0.2) is 60.2 Å². The monoisotopic (exact) mass is 249 g/mol. The van der Waals surface area contributed by atoms with Crippen molar-refractivity contribution in [3.63, 3.8) is 0 Å². The summed E-state index contributed by atoms with van der Waals surface area (Å²) in [6.45, 7) is 2.91. The maximum absolute atomic E-state index is 11.8. The van der Waals surface area contributed by atoms with Crippen molar-refractivity contribution in [1.29, 1.82) is 0 Å². The van der Waals surface area contributed by atoms with Gasteiger partial charge in [-0.25, -0.2) is 0 Å². The van der Waals surface area contributed by atoms with Crippen LogP contribution in [-0.2, 0) is 14.3 Å². The molecule has 0 aromatic rings. The Morgan fingerprint density at radius 1 is 1.44 bits per heavy atom. The molecule has 0 aliphatic carbocycles. The fourth-order valence-electron chi connectivity index (χ4n) is 1.12. The lowest BCUT2D eigenvalue weighted by atomic mass is 10.3. The van der Waals surface area contributed by atoms with Crippen LogP contribution in [0.5, 0.6) is 0 Å². The first-order chi connectivity index (χ1) is 7.52. The Bertz CT molecular complexity index is 235. The highest BCUT2D eigenvalue weighted by atomic mass is 32.2. The van der Waals surface area contributed by atoms with Crippen molar-refractivity contribution in [2.75, 3.05) is 33.1 Å². The molecule has 0 bridgehead atoms. The zero-order chi connectivity index (χ0) is 12.6. The van der Waals surface area contributed by atoms with E-state index in [0.29, 0.717) is 13.2 Å². The normalized spacial score (nSPS) is 12.2. The molecular formula is C10H19NO4S. The number of methoxy groups -OCH3 is 1. The first-order valence-corrected chi connectivity index (χ1v) is 6.34. The van der Waals surface area contributed by atoms with Crippen LogP contribution in [0.25, 0.3) is 0 Å². The van der Waals surface area contributed by atoms with E-state index in [1.54, 1.807) is 12.0 Å². The lowest BCUT2D eigenvalue weighted by Crippen LogP contribution is -2.40. The van der Waals surface area contributed by atoms with Gasteiger partial charge in [-0.05, 0) is 13.2 Å². The molecular weight excluding hydrogens is 230 g/mol. The predicted octanol–water partition coefficient (Wildman–Crippen LogP) is 0.688. The molecule has 0 rings (SSSR count). The summed E-state index contributed by atoms with van der Waals surface area (Å²) < 4.78 is 4.89. The summed E-state index contributed by atoms with van der Waals surface area (Å²) in [6.07, 6.45) is 1.82. The van der Waals surface area contributed by atoms with E-state index in [2.05, 4.69) is 0 Å². The minimum absolute atomic E-state index is 0.0312. The van der Waals surface area contributed by atoms with Gasteiger partial charge in [0.1, 0.15) is 0 Å². The first kappa shape index (κ1) is 15.2. The Morgan fingerprint density at radius 2 is 2.06 bits per heavy atom. The van der Waals surface area contributed by atoms with Crippen molar-refractivity contribution < 1.29 is 19.4 Å². The summed E-state index contributed by atoms with van der Waals surface area (Å²) in [7, 11) is 1.55. The first-order valence-electron chi connectivity index (χ1n) is 5.05. The predicted molar refractivity (Wildman–Crippen MR) is 63.7 cm³/mol. The Hall–Kier alpha value is -0.750. The number of rotatable bonds is 8. The van der Waals surface area contributed by atoms with Crippen LogP contribution in [0.4, 0.5) is 0 Å². The van der Waals surface area contributed by atoms with Crippen molar-refractivity contribution in [2.24, 2.45) is 0 Å². The Morgan fingerprint density at radius 3 is 2.50 bits per heavy atom. The summed E-state index contributed by atoms with van der Waals surface area (Å²) in [6, 6.07) is 0. The van der Waals surface area contributed by atoms with Crippen molar-refractivity contribution in [1.82, 2.24) is 4.90 Å². The van der Waals surface area contributed by atoms with Gasteiger partial charge in [-0.1, -0.05) is 0 Å². The van der Waals surface area contributed by atoms with Crippen LogP contribution in [0.2, 0.25) is 0 Å². The largest absolute Gasteiger partial charge is 0.481 e. The van der Waals surface area contributed by atoms with Crippen molar-refractivity contribution in [2.45, 2.75) is 18.6 Å². The molecule has 94 valence electrons. The van der Waals surface area contributed by atoms with Crippen LogP contribution >= 0.6 is 11.8 Å². The quantitative estimate of drug-likeness (QED) is 0.685. The van der Waals surface area contributed by atoms with E-state index < -0.39 is 5.97 Å². The van der Waals surface area contributed by atoms with E-state index in [4.69, 9.17) is 9.84 Å². The third kappa shape index (κ3) is 5.97.